The summed E-state index contributed by atoms with van der Waals surface area (Å²) >= 11 is 3.33. The molecule has 2 aromatic rings. The maximum Gasteiger partial charge on any atom is 0.243 e. The van der Waals surface area contributed by atoms with E-state index in [4.69, 9.17) is 4.74 Å². The number of rotatable bonds is 5. The predicted molar refractivity (Wildman–Crippen MR) is 103 cm³/mol. The van der Waals surface area contributed by atoms with Gasteiger partial charge >= 0.3 is 0 Å². The van der Waals surface area contributed by atoms with Crippen LogP contribution in [0.4, 0.5) is 5.82 Å². The van der Waals surface area contributed by atoms with Gasteiger partial charge < -0.3 is 9.64 Å². The second-order valence-electron chi connectivity index (χ2n) is 6.06. The Labute approximate surface area is 162 Å². The third-order valence-corrected chi connectivity index (χ3v) is 6.62. The Morgan fingerprint density at radius 1 is 1.12 bits per heavy atom. The average Bonchev–Trinajstić information content (AvgIpc) is 2.62. The van der Waals surface area contributed by atoms with Crippen molar-refractivity contribution in [1.82, 2.24) is 14.3 Å². The van der Waals surface area contributed by atoms with Gasteiger partial charge in [-0.2, -0.15) is 4.31 Å². The van der Waals surface area contributed by atoms with E-state index in [-0.39, 0.29) is 0 Å². The SMILES string of the molecule is COCc1nc(C)cc(N2CCN(S(=O)(=O)c3ccc(Br)cc3)CC2)n1. The van der Waals surface area contributed by atoms with Gasteiger partial charge in [-0.05, 0) is 31.2 Å². The highest BCUT2D eigenvalue weighted by molar-refractivity contribution is 9.10. The van der Waals surface area contributed by atoms with E-state index in [2.05, 4.69) is 30.8 Å². The van der Waals surface area contributed by atoms with E-state index in [1.165, 1.54) is 4.31 Å². The van der Waals surface area contributed by atoms with E-state index < -0.39 is 10.0 Å². The quantitative estimate of drug-likeness (QED) is 0.709. The van der Waals surface area contributed by atoms with Crippen LogP contribution in [0.3, 0.4) is 0 Å². The van der Waals surface area contributed by atoms with Crippen LogP contribution in [0.1, 0.15) is 11.5 Å². The molecule has 0 radical (unpaired) electrons. The lowest BCUT2D eigenvalue weighted by atomic mass is 10.3. The van der Waals surface area contributed by atoms with Crippen molar-refractivity contribution in [2.45, 2.75) is 18.4 Å². The normalized spacial score (nSPS) is 16.0. The van der Waals surface area contributed by atoms with E-state index in [0.717, 1.165) is 16.0 Å². The van der Waals surface area contributed by atoms with Gasteiger partial charge in [0, 0.05) is 49.5 Å². The summed E-state index contributed by atoms with van der Waals surface area (Å²) in [5.41, 5.74) is 0.868. The summed E-state index contributed by atoms with van der Waals surface area (Å²) in [6.45, 7) is 4.27. The minimum absolute atomic E-state index is 0.314. The number of anilines is 1. The fourth-order valence-corrected chi connectivity index (χ4v) is 4.57. The standard InChI is InChI=1S/C17H21BrN4O3S/c1-13-11-17(20-16(19-13)12-25-2)21-7-9-22(10-8-21)26(23,24)15-5-3-14(18)4-6-15/h3-6,11H,7-10,12H2,1-2H3. The summed E-state index contributed by atoms with van der Waals surface area (Å²) in [7, 11) is -1.87. The number of aryl methyl sites for hydroxylation is 1. The summed E-state index contributed by atoms with van der Waals surface area (Å²) in [5.74, 6) is 1.44. The molecule has 3 rings (SSSR count). The van der Waals surface area contributed by atoms with Crippen LogP contribution in [0.15, 0.2) is 39.7 Å². The smallest absolute Gasteiger partial charge is 0.243 e. The van der Waals surface area contributed by atoms with Crippen molar-refractivity contribution in [2.75, 3.05) is 38.2 Å². The second kappa shape index (κ2) is 7.99. The Kier molecular flexibility index (Phi) is 5.91. The van der Waals surface area contributed by atoms with Gasteiger partial charge in [-0.1, -0.05) is 15.9 Å². The number of piperazine rings is 1. The van der Waals surface area contributed by atoms with Gasteiger partial charge in [-0.25, -0.2) is 18.4 Å². The number of benzene rings is 1. The molecule has 1 saturated heterocycles. The number of aromatic nitrogens is 2. The van der Waals surface area contributed by atoms with Crippen LogP contribution in [0.2, 0.25) is 0 Å². The fraction of sp³-hybridized carbons (Fsp3) is 0.412. The number of sulfonamides is 1. The second-order valence-corrected chi connectivity index (χ2v) is 8.92. The van der Waals surface area contributed by atoms with Crippen LogP contribution in [0, 0.1) is 6.92 Å². The lowest BCUT2D eigenvalue weighted by molar-refractivity contribution is 0.177. The molecular weight excluding hydrogens is 420 g/mol. The Balaban J connectivity index is 1.72. The van der Waals surface area contributed by atoms with Crippen molar-refractivity contribution in [3.8, 4) is 0 Å². The third-order valence-electron chi connectivity index (χ3n) is 4.17. The first-order valence-corrected chi connectivity index (χ1v) is 10.5. The molecule has 1 fully saturated rings. The molecule has 0 bridgehead atoms. The molecule has 26 heavy (non-hydrogen) atoms. The highest BCUT2D eigenvalue weighted by Gasteiger charge is 2.29. The third kappa shape index (κ3) is 4.22. The molecular formula is C17H21BrN4O3S. The number of ether oxygens (including phenoxy) is 1. The van der Waals surface area contributed by atoms with Crippen molar-refractivity contribution in [1.29, 1.82) is 0 Å². The molecule has 1 aliphatic rings. The summed E-state index contributed by atoms with van der Waals surface area (Å²) < 4.78 is 33.1. The van der Waals surface area contributed by atoms with Gasteiger partial charge in [0.1, 0.15) is 12.4 Å². The van der Waals surface area contributed by atoms with Gasteiger partial charge in [0.05, 0.1) is 4.90 Å². The number of methoxy groups -OCH3 is 1. The molecule has 0 N–H and O–H groups in total. The van der Waals surface area contributed by atoms with Gasteiger partial charge in [0.15, 0.2) is 5.82 Å². The van der Waals surface area contributed by atoms with E-state index in [0.29, 0.717) is 43.5 Å². The zero-order valence-corrected chi connectivity index (χ0v) is 17.1. The summed E-state index contributed by atoms with van der Waals surface area (Å²) in [6.07, 6.45) is 0. The number of nitrogens with zero attached hydrogens (tertiary/aromatic N) is 4. The molecule has 2 heterocycles. The monoisotopic (exact) mass is 440 g/mol. The molecule has 7 nitrogen and oxygen atoms in total. The minimum Gasteiger partial charge on any atom is -0.377 e. The summed E-state index contributed by atoms with van der Waals surface area (Å²) in [5, 5.41) is 0. The fourth-order valence-electron chi connectivity index (χ4n) is 2.88. The van der Waals surface area contributed by atoms with Crippen molar-refractivity contribution in [3.63, 3.8) is 0 Å². The Morgan fingerprint density at radius 3 is 2.38 bits per heavy atom. The van der Waals surface area contributed by atoms with E-state index in [1.54, 1.807) is 31.4 Å². The summed E-state index contributed by atoms with van der Waals surface area (Å²) in [6, 6.07) is 8.64. The largest absolute Gasteiger partial charge is 0.377 e. The lowest BCUT2D eigenvalue weighted by Gasteiger charge is -2.34. The zero-order chi connectivity index (χ0) is 18.7. The summed E-state index contributed by atoms with van der Waals surface area (Å²) in [4.78, 5) is 11.3. The van der Waals surface area contributed by atoms with Crippen molar-refractivity contribution in [2.24, 2.45) is 0 Å². The van der Waals surface area contributed by atoms with Gasteiger partial charge in [-0.15, -0.1) is 0 Å². The Bertz CT molecular complexity index is 866. The first-order chi connectivity index (χ1) is 12.4. The van der Waals surface area contributed by atoms with Gasteiger partial charge in [0.25, 0.3) is 0 Å². The molecule has 0 amide bonds. The Hall–Kier alpha value is -1.55. The first kappa shape index (κ1) is 19.2. The molecule has 1 aromatic heterocycles. The average molecular weight is 441 g/mol. The molecule has 1 aliphatic heterocycles. The van der Waals surface area contributed by atoms with E-state index in [1.807, 2.05) is 13.0 Å². The molecule has 0 aliphatic carbocycles. The molecule has 0 atom stereocenters. The van der Waals surface area contributed by atoms with Crippen LogP contribution in [0.5, 0.6) is 0 Å². The molecule has 140 valence electrons. The molecule has 0 saturated carbocycles. The maximum absolute atomic E-state index is 12.8. The number of hydrogen-bond donors (Lipinski definition) is 0. The highest BCUT2D eigenvalue weighted by Crippen LogP contribution is 2.22. The molecule has 9 heteroatoms. The first-order valence-electron chi connectivity index (χ1n) is 8.24. The van der Waals surface area contributed by atoms with Crippen LogP contribution < -0.4 is 4.90 Å². The predicted octanol–water partition coefficient (Wildman–Crippen LogP) is 2.20. The molecule has 1 aromatic carbocycles. The van der Waals surface area contributed by atoms with Crippen LogP contribution in [0.25, 0.3) is 0 Å². The van der Waals surface area contributed by atoms with Gasteiger partial charge in [-0.3, -0.25) is 0 Å². The van der Waals surface area contributed by atoms with Crippen molar-refractivity contribution in [3.05, 3.63) is 46.3 Å². The van der Waals surface area contributed by atoms with Crippen LogP contribution >= 0.6 is 15.9 Å². The van der Waals surface area contributed by atoms with Crippen molar-refractivity contribution < 1.29 is 13.2 Å². The van der Waals surface area contributed by atoms with Gasteiger partial charge in [0.2, 0.25) is 10.0 Å². The maximum atomic E-state index is 12.8. The van der Waals surface area contributed by atoms with Crippen LogP contribution in [-0.4, -0.2) is 56.0 Å². The number of halogens is 1. The lowest BCUT2D eigenvalue weighted by Crippen LogP contribution is -2.49. The molecule has 0 unspecified atom stereocenters. The topological polar surface area (TPSA) is 75.6 Å². The van der Waals surface area contributed by atoms with E-state index in [9.17, 15) is 8.42 Å². The number of hydrogen-bond acceptors (Lipinski definition) is 6. The van der Waals surface area contributed by atoms with E-state index >= 15 is 0 Å². The Morgan fingerprint density at radius 2 is 1.77 bits per heavy atom. The minimum atomic E-state index is -3.48. The zero-order valence-electron chi connectivity index (χ0n) is 14.7. The van der Waals surface area contributed by atoms with Crippen molar-refractivity contribution >= 4 is 31.8 Å². The molecule has 0 spiro atoms. The van der Waals surface area contributed by atoms with Crippen LogP contribution in [-0.2, 0) is 21.4 Å². The highest BCUT2D eigenvalue weighted by atomic mass is 79.9.